The highest BCUT2D eigenvalue weighted by molar-refractivity contribution is 5.97. The van der Waals surface area contributed by atoms with Gasteiger partial charge in [-0.2, -0.15) is 0 Å². The van der Waals surface area contributed by atoms with E-state index in [2.05, 4.69) is 5.32 Å². The number of amides is 2. The number of Topliss-reactive ketones (excluding diaryl/α,β-unsaturated/α-hetero) is 1. The van der Waals surface area contributed by atoms with Gasteiger partial charge < -0.3 is 5.32 Å². The number of carbonyl (C=O) groups is 2. The topological polar surface area (TPSA) is 49.4 Å². The minimum atomic E-state index is -0.216. The van der Waals surface area contributed by atoms with Crippen LogP contribution in [0.4, 0.5) is 10.5 Å². The first-order valence-corrected chi connectivity index (χ1v) is 9.38. The van der Waals surface area contributed by atoms with Gasteiger partial charge >= 0.3 is 6.03 Å². The number of nitrogens with one attached hydrogen (secondary N) is 1. The summed E-state index contributed by atoms with van der Waals surface area (Å²) in [6.07, 6.45) is 0.267. The predicted octanol–water partition coefficient (Wildman–Crippen LogP) is 4.98. The fraction of sp³-hybridized carbons (Fsp3) is 0.167. The van der Waals surface area contributed by atoms with Crippen molar-refractivity contribution in [1.82, 2.24) is 5.32 Å². The van der Waals surface area contributed by atoms with Crippen LogP contribution < -0.4 is 10.2 Å². The molecule has 0 heterocycles. The summed E-state index contributed by atoms with van der Waals surface area (Å²) in [6.45, 7) is 2.74. The molecule has 0 saturated heterocycles. The van der Waals surface area contributed by atoms with E-state index < -0.39 is 0 Å². The normalized spacial score (nSPS) is 10.3. The molecule has 3 aromatic rings. The lowest BCUT2D eigenvalue weighted by molar-refractivity contribution is 0.0983. The van der Waals surface area contributed by atoms with E-state index in [0.717, 1.165) is 16.8 Å². The average molecular weight is 372 g/mol. The van der Waals surface area contributed by atoms with E-state index in [1.165, 1.54) is 0 Å². The number of hydrogen-bond donors (Lipinski definition) is 1. The molecule has 3 rings (SSSR count). The first kappa shape index (κ1) is 19.4. The lowest BCUT2D eigenvalue weighted by atomic mass is 10.1. The fourth-order valence-electron chi connectivity index (χ4n) is 2.92. The Bertz CT molecular complexity index is 906. The maximum Gasteiger partial charge on any atom is 0.322 e. The van der Waals surface area contributed by atoms with Crippen molar-refractivity contribution in [3.8, 4) is 0 Å². The van der Waals surface area contributed by atoms with Crippen LogP contribution in [-0.4, -0.2) is 18.4 Å². The molecular formula is C24H24N2O2. The van der Waals surface area contributed by atoms with E-state index >= 15 is 0 Å². The highest BCUT2D eigenvalue weighted by Crippen LogP contribution is 2.17. The molecular weight excluding hydrogens is 348 g/mol. The summed E-state index contributed by atoms with van der Waals surface area (Å²) < 4.78 is 0. The molecule has 0 aliphatic carbocycles. The Hall–Kier alpha value is -3.40. The van der Waals surface area contributed by atoms with Gasteiger partial charge in [-0.15, -0.1) is 0 Å². The highest BCUT2D eigenvalue weighted by Gasteiger charge is 2.16. The zero-order chi connectivity index (χ0) is 19.8. The molecule has 4 heteroatoms. The minimum Gasteiger partial charge on any atom is -0.337 e. The molecule has 0 aliphatic heterocycles. The smallest absolute Gasteiger partial charge is 0.322 e. The number of anilines is 1. The van der Waals surface area contributed by atoms with E-state index in [-0.39, 0.29) is 18.2 Å². The van der Waals surface area contributed by atoms with Gasteiger partial charge in [0.05, 0.1) is 6.54 Å². The molecule has 0 fully saturated rings. The molecule has 0 radical (unpaired) electrons. The Labute approximate surface area is 165 Å². The first-order chi connectivity index (χ1) is 13.6. The van der Waals surface area contributed by atoms with Crippen molar-refractivity contribution in [3.63, 3.8) is 0 Å². The van der Waals surface area contributed by atoms with Crippen molar-refractivity contribution in [3.05, 3.63) is 102 Å². The number of ketones is 1. The van der Waals surface area contributed by atoms with Gasteiger partial charge in [0.25, 0.3) is 0 Å². The van der Waals surface area contributed by atoms with Crippen LogP contribution in [0, 0.1) is 6.92 Å². The van der Waals surface area contributed by atoms with Crippen LogP contribution in [0.25, 0.3) is 0 Å². The second-order valence-electron chi connectivity index (χ2n) is 6.68. The summed E-state index contributed by atoms with van der Waals surface area (Å²) in [5.74, 6) is 0.0228. The molecule has 142 valence electrons. The van der Waals surface area contributed by atoms with Gasteiger partial charge in [-0.25, -0.2) is 4.79 Å². The van der Waals surface area contributed by atoms with Gasteiger partial charge in [-0.3, -0.25) is 9.69 Å². The number of aryl methyl sites for hydroxylation is 1. The van der Waals surface area contributed by atoms with E-state index in [9.17, 15) is 9.59 Å². The SMILES string of the molecule is Cc1ccc(C(=O)CCNC(=O)N(Cc2ccccc2)c2ccccc2)cc1. The molecule has 0 atom stereocenters. The lowest BCUT2D eigenvalue weighted by Crippen LogP contribution is -2.40. The van der Waals surface area contributed by atoms with Crippen molar-refractivity contribution in [2.75, 3.05) is 11.4 Å². The summed E-state index contributed by atoms with van der Waals surface area (Å²) in [5, 5.41) is 2.88. The molecule has 3 aromatic carbocycles. The fourth-order valence-corrected chi connectivity index (χ4v) is 2.92. The van der Waals surface area contributed by atoms with E-state index in [1.807, 2.05) is 91.9 Å². The van der Waals surface area contributed by atoms with E-state index in [0.29, 0.717) is 18.7 Å². The summed E-state index contributed by atoms with van der Waals surface area (Å²) in [4.78, 5) is 26.8. The zero-order valence-corrected chi connectivity index (χ0v) is 16.0. The number of urea groups is 1. The van der Waals surface area contributed by atoms with Crippen LogP contribution in [-0.2, 0) is 6.54 Å². The standard InChI is InChI=1S/C24H24N2O2/c1-19-12-14-21(15-13-19)23(27)16-17-25-24(28)26(22-10-6-3-7-11-22)18-20-8-4-2-5-9-20/h2-15H,16-18H2,1H3,(H,25,28). The summed E-state index contributed by atoms with van der Waals surface area (Å²) in [7, 11) is 0. The third-order valence-corrected chi connectivity index (χ3v) is 4.50. The number of para-hydroxylation sites is 1. The number of nitrogens with zero attached hydrogens (tertiary/aromatic N) is 1. The Morgan fingerprint density at radius 3 is 2.07 bits per heavy atom. The van der Waals surface area contributed by atoms with Gasteiger partial charge in [0.2, 0.25) is 0 Å². The number of carbonyl (C=O) groups excluding carboxylic acids is 2. The quantitative estimate of drug-likeness (QED) is 0.594. The Balaban J connectivity index is 1.62. The van der Waals surface area contributed by atoms with E-state index in [1.54, 1.807) is 4.90 Å². The molecule has 0 unspecified atom stereocenters. The number of benzene rings is 3. The van der Waals surface area contributed by atoms with Crippen LogP contribution in [0.2, 0.25) is 0 Å². The zero-order valence-electron chi connectivity index (χ0n) is 16.0. The van der Waals surface area contributed by atoms with Crippen LogP contribution in [0.1, 0.15) is 27.9 Å². The van der Waals surface area contributed by atoms with Gasteiger partial charge in [0.1, 0.15) is 0 Å². The molecule has 0 aliphatic rings. The van der Waals surface area contributed by atoms with Gasteiger partial charge in [-0.1, -0.05) is 78.4 Å². The molecule has 0 saturated carbocycles. The van der Waals surface area contributed by atoms with Gasteiger partial charge in [0, 0.05) is 24.2 Å². The van der Waals surface area contributed by atoms with Crippen LogP contribution >= 0.6 is 0 Å². The molecule has 2 amide bonds. The second kappa shape index (κ2) is 9.51. The van der Waals surface area contributed by atoms with E-state index in [4.69, 9.17) is 0 Å². The Morgan fingerprint density at radius 1 is 0.821 bits per heavy atom. The molecule has 0 aromatic heterocycles. The summed E-state index contributed by atoms with van der Waals surface area (Å²) in [5.41, 5.74) is 3.64. The minimum absolute atomic E-state index is 0.0228. The third-order valence-electron chi connectivity index (χ3n) is 4.50. The van der Waals surface area contributed by atoms with Crippen molar-refractivity contribution in [2.45, 2.75) is 19.9 Å². The third kappa shape index (κ3) is 5.30. The molecule has 0 spiro atoms. The number of rotatable bonds is 7. The van der Waals surface area contributed by atoms with Crippen LogP contribution in [0.3, 0.4) is 0 Å². The maximum absolute atomic E-state index is 12.8. The van der Waals surface area contributed by atoms with Crippen molar-refractivity contribution in [2.24, 2.45) is 0 Å². The first-order valence-electron chi connectivity index (χ1n) is 9.38. The van der Waals surface area contributed by atoms with Gasteiger partial charge in [0.15, 0.2) is 5.78 Å². The summed E-state index contributed by atoms with van der Waals surface area (Å²) >= 11 is 0. The van der Waals surface area contributed by atoms with Crippen LogP contribution in [0.15, 0.2) is 84.9 Å². The van der Waals surface area contributed by atoms with Gasteiger partial charge in [-0.05, 0) is 24.6 Å². The average Bonchev–Trinajstić information content (AvgIpc) is 2.73. The predicted molar refractivity (Wildman–Crippen MR) is 113 cm³/mol. The van der Waals surface area contributed by atoms with Crippen molar-refractivity contribution >= 4 is 17.5 Å². The highest BCUT2D eigenvalue weighted by atomic mass is 16.2. The molecule has 1 N–H and O–H groups in total. The maximum atomic E-state index is 12.8. The second-order valence-corrected chi connectivity index (χ2v) is 6.68. The lowest BCUT2D eigenvalue weighted by Gasteiger charge is -2.23. The molecule has 28 heavy (non-hydrogen) atoms. The van der Waals surface area contributed by atoms with Crippen LogP contribution in [0.5, 0.6) is 0 Å². The largest absolute Gasteiger partial charge is 0.337 e. The number of hydrogen-bond acceptors (Lipinski definition) is 2. The monoisotopic (exact) mass is 372 g/mol. The Kier molecular flexibility index (Phi) is 6.58. The summed E-state index contributed by atoms with van der Waals surface area (Å²) in [6, 6.07) is 26.6. The Morgan fingerprint density at radius 2 is 1.43 bits per heavy atom. The molecule has 0 bridgehead atoms. The van der Waals surface area contributed by atoms with Crippen molar-refractivity contribution < 1.29 is 9.59 Å². The molecule has 4 nitrogen and oxygen atoms in total. The van der Waals surface area contributed by atoms with Crippen molar-refractivity contribution in [1.29, 1.82) is 0 Å².